The van der Waals surface area contributed by atoms with Crippen LogP contribution in [0.4, 0.5) is 0 Å². The average Bonchev–Trinajstić information content (AvgIpc) is 2.89. The second-order valence-electron chi connectivity index (χ2n) is 6.36. The van der Waals surface area contributed by atoms with Crippen LogP contribution in [0.3, 0.4) is 0 Å². The molecule has 0 aliphatic carbocycles. The predicted octanol–water partition coefficient (Wildman–Crippen LogP) is 4.38. The van der Waals surface area contributed by atoms with Gasteiger partial charge >= 0.3 is 0 Å². The SMILES string of the molecule is Cc1nn(CC(=O)N(Cc2ccccc2)Cc2ccccc2)c(C)c1Cl. The summed E-state index contributed by atoms with van der Waals surface area (Å²) in [6.45, 7) is 5.03. The van der Waals surface area contributed by atoms with Crippen LogP contribution in [0, 0.1) is 13.8 Å². The molecule has 2 aromatic carbocycles. The molecule has 1 heterocycles. The summed E-state index contributed by atoms with van der Waals surface area (Å²) in [7, 11) is 0. The Morgan fingerprint density at radius 3 is 1.88 bits per heavy atom. The number of hydrogen-bond donors (Lipinski definition) is 0. The zero-order valence-electron chi connectivity index (χ0n) is 15.0. The number of benzene rings is 2. The number of amides is 1. The van der Waals surface area contributed by atoms with Gasteiger partial charge in [-0.05, 0) is 25.0 Å². The molecule has 1 amide bonds. The molecule has 0 saturated heterocycles. The van der Waals surface area contributed by atoms with Crippen LogP contribution in [0.5, 0.6) is 0 Å². The van der Waals surface area contributed by atoms with Gasteiger partial charge in [0, 0.05) is 13.1 Å². The molecule has 134 valence electrons. The molecule has 0 aliphatic rings. The first-order valence-electron chi connectivity index (χ1n) is 8.59. The lowest BCUT2D eigenvalue weighted by Crippen LogP contribution is -2.33. The van der Waals surface area contributed by atoms with Crippen molar-refractivity contribution in [2.75, 3.05) is 0 Å². The summed E-state index contributed by atoms with van der Waals surface area (Å²) < 4.78 is 1.68. The van der Waals surface area contributed by atoms with Crippen LogP contribution in [0.15, 0.2) is 60.7 Å². The Hall–Kier alpha value is -2.59. The molecule has 26 heavy (non-hydrogen) atoms. The molecule has 0 N–H and O–H groups in total. The van der Waals surface area contributed by atoms with Gasteiger partial charge in [-0.1, -0.05) is 72.3 Å². The van der Waals surface area contributed by atoms with Gasteiger partial charge in [0.25, 0.3) is 0 Å². The summed E-state index contributed by atoms with van der Waals surface area (Å²) >= 11 is 6.21. The second kappa shape index (κ2) is 8.19. The lowest BCUT2D eigenvalue weighted by molar-refractivity contribution is -0.133. The van der Waals surface area contributed by atoms with E-state index in [0.29, 0.717) is 18.1 Å². The van der Waals surface area contributed by atoms with Crippen molar-refractivity contribution in [1.29, 1.82) is 0 Å². The van der Waals surface area contributed by atoms with E-state index < -0.39 is 0 Å². The fourth-order valence-electron chi connectivity index (χ4n) is 2.90. The van der Waals surface area contributed by atoms with Gasteiger partial charge in [-0.3, -0.25) is 9.48 Å². The summed E-state index contributed by atoms with van der Waals surface area (Å²) in [5.41, 5.74) is 3.76. The average molecular weight is 368 g/mol. The Morgan fingerprint density at radius 1 is 0.962 bits per heavy atom. The highest BCUT2D eigenvalue weighted by Gasteiger charge is 2.18. The highest BCUT2D eigenvalue weighted by atomic mass is 35.5. The largest absolute Gasteiger partial charge is 0.332 e. The number of rotatable bonds is 6. The third-order valence-electron chi connectivity index (χ3n) is 4.36. The van der Waals surface area contributed by atoms with E-state index >= 15 is 0 Å². The summed E-state index contributed by atoms with van der Waals surface area (Å²) in [5.74, 6) is 0.0139. The number of nitrogens with zero attached hydrogens (tertiary/aromatic N) is 3. The number of halogens is 1. The van der Waals surface area contributed by atoms with Crippen molar-refractivity contribution in [3.05, 3.63) is 88.2 Å². The van der Waals surface area contributed by atoms with Crippen molar-refractivity contribution in [2.24, 2.45) is 0 Å². The Kier molecular flexibility index (Phi) is 5.74. The first-order valence-corrected chi connectivity index (χ1v) is 8.97. The highest BCUT2D eigenvalue weighted by molar-refractivity contribution is 6.31. The molecule has 0 spiro atoms. The first-order chi connectivity index (χ1) is 12.5. The van der Waals surface area contributed by atoms with Gasteiger partial charge in [-0.15, -0.1) is 0 Å². The molecule has 3 aromatic rings. The van der Waals surface area contributed by atoms with E-state index in [1.165, 1.54) is 0 Å². The van der Waals surface area contributed by atoms with Gasteiger partial charge < -0.3 is 4.90 Å². The van der Waals surface area contributed by atoms with Gasteiger partial charge in [-0.25, -0.2) is 0 Å². The van der Waals surface area contributed by atoms with Crippen molar-refractivity contribution in [3.63, 3.8) is 0 Å². The summed E-state index contributed by atoms with van der Waals surface area (Å²) in [4.78, 5) is 14.9. The van der Waals surface area contributed by atoms with Crippen molar-refractivity contribution in [3.8, 4) is 0 Å². The van der Waals surface area contributed by atoms with Gasteiger partial charge in [0.05, 0.1) is 16.4 Å². The number of aryl methyl sites for hydroxylation is 1. The van der Waals surface area contributed by atoms with Crippen LogP contribution >= 0.6 is 11.6 Å². The fourth-order valence-corrected chi connectivity index (χ4v) is 3.03. The van der Waals surface area contributed by atoms with Crippen LogP contribution in [-0.4, -0.2) is 20.6 Å². The van der Waals surface area contributed by atoms with Gasteiger partial charge in [0.1, 0.15) is 6.54 Å². The van der Waals surface area contributed by atoms with Crippen molar-refractivity contribution >= 4 is 17.5 Å². The maximum Gasteiger partial charge on any atom is 0.244 e. The van der Waals surface area contributed by atoms with E-state index in [-0.39, 0.29) is 12.5 Å². The van der Waals surface area contributed by atoms with Crippen LogP contribution in [0.25, 0.3) is 0 Å². The van der Waals surface area contributed by atoms with Gasteiger partial charge in [0.15, 0.2) is 0 Å². The molecule has 0 bridgehead atoms. The number of carbonyl (C=O) groups is 1. The molecule has 0 atom stereocenters. The van der Waals surface area contributed by atoms with Crippen LogP contribution in [0.1, 0.15) is 22.5 Å². The fraction of sp³-hybridized carbons (Fsp3) is 0.238. The maximum absolute atomic E-state index is 13.0. The van der Waals surface area contributed by atoms with Crippen molar-refractivity contribution in [1.82, 2.24) is 14.7 Å². The van der Waals surface area contributed by atoms with E-state index in [1.807, 2.05) is 79.4 Å². The summed E-state index contributed by atoms with van der Waals surface area (Å²) in [5, 5.41) is 5.00. The second-order valence-corrected chi connectivity index (χ2v) is 6.74. The molecule has 0 unspecified atom stereocenters. The monoisotopic (exact) mass is 367 g/mol. The zero-order chi connectivity index (χ0) is 18.5. The summed E-state index contributed by atoms with van der Waals surface area (Å²) in [6.07, 6.45) is 0. The molecule has 1 aromatic heterocycles. The molecule has 3 rings (SSSR count). The maximum atomic E-state index is 13.0. The summed E-state index contributed by atoms with van der Waals surface area (Å²) in [6, 6.07) is 20.0. The number of aromatic nitrogens is 2. The van der Waals surface area contributed by atoms with Crippen LogP contribution in [0.2, 0.25) is 5.02 Å². The van der Waals surface area contributed by atoms with E-state index in [2.05, 4.69) is 5.10 Å². The van der Waals surface area contributed by atoms with Gasteiger partial charge in [-0.2, -0.15) is 5.10 Å². The first kappa shape index (κ1) is 18.2. The molecule has 4 nitrogen and oxygen atoms in total. The molecular weight excluding hydrogens is 346 g/mol. The Morgan fingerprint density at radius 2 is 1.46 bits per heavy atom. The van der Waals surface area contributed by atoms with Crippen molar-refractivity contribution in [2.45, 2.75) is 33.5 Å². The standard InChI is InChI=1S/C21H22ClN3O/c1-16-21(22)17(2)25(23-16)15-20(26)24(13-18-9-5-3-6-10-18)14-19-11-7-4-8-12-19/h3-12H,13-15H2,1-2H3. The molecule has 0 saturated carbocycles. The van der Waals surface area contributed by atoms with E-state index in [0.717, 1.165) is 22.5 Å². The normalized spacial score (nSPS) is 10.7. The minimum absolute atomic E-state index is 0.0139. The van der Waals surface area contributed by atoms with E-state index in [4.69, 9.17) is 11.6 Å². The number of carbonyl (C=O) groups excluding carboxylic acids is 1. The molecule has 0 radical (unpaired) electrons. The highest BCUT2D eigenvalue weighted by Crippen LogP contribution is 2.19. The Bertz CT molecular complexity index is 834. The third kappa shape index (κ3) is 4.33. The molecule has 5 heteroatoms. The predicted molar refractivity (Wildman–Crippen MR) is 104 cm³/mol. The van der Waals surface area contributed by atoms with Crippen molar-refractivity contribution < 1.29 is 4.79 Å². The van der Waals surface area contributed by atoms with E-state index in [1.54, 1.807) is 4.68 Å². The lowest BCUT2D eigenvalue weighted by atomic mass is 10.1. The lowest BCUT2D eigenvalue weighted by Gasteiger charge is -2.23. The third-order valence-corrected chi connectivity index (χ3v) is 4.91. The number of hydrogen-bond acceptors (Lipinski definition) is 2. The smallest absolute Gasteiger partial charge is 0.244 e. The minimum atomic E-state index is 0.0139. The minimum Gasteiger partial charge on any atom is -0.332 e. The Labute approximate surface area is 159 Å². The quantitative estimate of drug-likeness (QED) is 0.648. The topological polar surface area (TPSA) is 38.1 Å². The van der Waals surface area contributed by atoms with Crippen LogP contribution < -0.4 is 0 Å². The van der Waals surface area contributed by atoms with Gasteiger partial charge in [0.2, 0.25) is 5.91 Å². The molecule has 0 fully saturated rings. The molecule has 0 aliphatic heterocycles. The Balaban J connectivity index is 1.81. The van der Waals surface area contributed by atoms with E-state index in [9.17, 15) is 4.79 Å². The zero-order valence-corrected chi connectivity index (χ0v) is 15.8. The van der Waals surface area contributed by atoms with Crippen LogP contribution in [-0.2, 0) is 24.4 Å². The molecular formula is C21H22ClN3O.